The molecular weight excluding hydrogens is 278 g/mol. The average Bonchev–Trinajstić information content (AvgIpc) is 3.25. The maximum atomic E-state index is 14.1. The van der Waals surface area contributed by atoms with Crippen LogP contribution >= 0.6 is 11.6 Å². The van der Waals surface area contributed by atoms with E-state index in [9.17, 15) is 8.78 Å². The molecular formula is C17H15ClF2. The maximum Gasteiger partial charge on any atom is 0.128 e. The van der Waals surface area contributed by atoms with Gasteiger partial charge in [0.25, 0.3) is 0 Å². The molecule has 104 valence electrons. The third kappa shape index (κ3) is 2.12. The van der Waals surface area contributed by atoms with Crippen molar-refractivity contribution in [2.45, 2.75) is 30.6 Å². The first-order valence-electron chi connectivity index (χ1n) is 6.70. The number of benzene rings is 2. The Bertz CT molecular complexity index is 633. The number of hydrogen-bond acceptors (Lipinski definition) is 0. The van der Waals surface area contributed by atoms with Crippen molar-refractivity contribution < 1.29 is 8.78 Å². The first-order chi connectivity index (χ1) is 9.54. The molecule has 3 heteroatoms. The number of hydrogen-bond donors (Lipinski definition) is 0. The number of halogens is 3. The van der Waals surface area contributed by atoms with Crippen LogP contribution in [0.3, 0.4) is 0 Å². The van der Waals surface area contributed by atoms with E-state index in [1.165, 1.54) is 12.1 Å². The van der Waals surface area contributed by atoms with Crippen LogP contribution in [-0.4, -0.2) is 0 Å². The summed E-state index contributed by atoms with van der Waals surface area (Å²) in [6, 6.07) is 12.3. The van der Waals surface area contributed by atoms with Crippen LogP contribution in [0.25, 0.3) is 0 Å². The normalized spacial score (nSPS) is 17.8. The highest BCUT2D eigenvalue weighted by Crippen LogP contribution is 2.59. The molecule has 3 rings (SSSR count). The van der Waals surface area contributed by atoms with Gasteiger partial charge in [-0.2, -0.15) is 0 Å². The predicted octanol–water partition coefficient (Wildman–Crippen LogP) is 5.28. The van der Waals surface area contributed by atoms with E-state index in [1.807, 2.05) is 30.3 Å². The van der Waals surface area contributed by atoms with Gasteiger partial charge in [-0.1, -0.05) is 30.3 Å². The summed E-state index contributed by atoms with van der Waals surface area (Å²) in [5.41, 5.74) is 1.40. The third-order valence-corrected chi connectivity index (χ3v) is 4.83. The lowest BCUT2D eigenvalue weighted by Crippen LogP contribution is -2.15. The van der Waals surface area contributed by atoms with Gasteiger partial charge in [0.2, 0.25) is 0 Å². The van der Waals surface area contributed by atoms with E-state index in [2.05, 4.69) is 0 Å². The molecule has 2 aromatic carbocycles. The summed E-state index contributed by atoms with van der Waals surface area (Å²) in [6.45, 7) is 1.55. The molecule has 0 aliphatic heterocycles. The third-order valence-electron chi connectivity index (χ3n) is 4.17. The van der Waals surface area contributed by atoms with Crippen LogP contribution in [-0.2, 0) is 5.41 Å². The van der Waals surface area contributed by atoms with Crippen molar-refractivity contribution in [1.82, 2.24) is 0 Å². The standard InChI is InChI=1S/C17H15ClF2/c1-11-9-15(20)13(10-14(11)19)16(18)17(7-8-17)12-5-3-2-4-6-12/h2-6,9-10,16H,7-8H2,1H3. The van der Waals surface area contributed by atoms with Crippen molar-refractivity contribution in [3.8, 4) is 0 Å². The molecule has 0 aromatic heterocycles. The SMILES string of the molecule is Cc1cc(F)c(C(Cl)C2(c3ccccc3)CC2)cc1F. The topological polar surface area (TPSA) is 0 Å². The predicted molar refractivity (Wildman–Crippen MR) is 77.0 cm³/mol. The summed E-state index contributed by atoms with van der Waals surface area (Å²) >= 11 is 6.52. The van der Waals surface area contributed by atoms with Crippen LogP contribution in [0.4, 0.5) is 8.78 Å². The van der Waals surface area contributed by atoms with Crippen molar-refractivity contribution in [3.05, 3.63) is 70.8 Å². The molecule has 1 aliphatic rings. The Kier molecular flexibility index (Phi) is 3.29. The van der Waals surface area contributed by atoms with Crippen LogP contribution < -0.4 is 0 Å². The van der Waals surface area contributed by atoms with Gasteiger partial charge in [-0.15, -0.1) is 11.6 Å². The molecule has 0 nitrogen and oxygen atoms in total. The number of aryl methyl sites for hydroxylation is 1. The molecule has 0 amide bonds. The van der Waals surface area contributed by atoms with Crippen molar-refractivity contribution in [1.29, 1.82) is 0 Å². The van der Waals surface area contributed by atoms with E-state index in [0.29, 0.717) is 5.56 Å². The second kappa shape index (κ2) is 4.85. The van der Waals surface area contributed by atoms with Gasteiger partial charge in [0.15, 0.2) is 0 Å². The Labute approximate surface area is 122 Å². The first-order valence-corrected chi connectivity index (χ1v) is 7.13. The van der Waals surface area contributed by atoms with Gasteiger partial charge >= 0.3 is 0 Å². The van der Waals surface area contributed by atoms with Gasteiger partial charge in [-0.25, -0.2) is 8.78 Å². The molecule has 1 aliphatic carbocycles. The summed E-state index contributed by atoms with van der Waals surface area (Å²) in [7, 11) is 0. The van der Waals surface area contributed by atoms with Crippen LogP contribution in [0.2, 0.25) is 0 Å². The van der Waals surface area contributed by atoms with Gasteiger partial charge < -0.3 is 0 Å². The van der Waals surface area contributed by atoms with E-state index in [-0.39, 0.29) is 11.0 Å². The Balaban J connectivity index is 2.01. The van der Waals surface area contributed by atoms with Gasteiger partial charge in [0.05, 0.1) is 5.38 Å². The molecule has 0 spiro atoms. The van der Waals surface area contributed by atoms with E-state index in [0.717, 1.165) is 18.4 Å². The lowest BCUT2D eigenvalue weighted by molar-refractivity contribution is 0.554. The van der Waals surface area contributed by atoms with E-state index < -0.39 is 17.0 Å². The Morgan fingerprint density at radius 1 is 1.05 bits per heavy atom. The molecule has 20 heavy (non-hydrogen) atoms. The van der Waals surface area contributed by atoms with Gasteiger partial charge in [-0.3, -0.25) is 0 Å². The van der Waals surface area contributed by atoms with Crippen LogP contribution in [0.15, 0.2) is 42.5 Å². The fourth-order valence-corrected chi connectivity index (χ4v) is 3.26. The molecule has 2 aromatic rings. The zero-order valence-electron chi connectivity index (χ0n) is 11.2. The van der Waals surface area contributed by atoms with Gasteiger partial charge in [-0.05, 0) is 43.0 Å². The van der Waals surface area contributed by atoms with Crippen LogP contribution in [0, 0.1) is 18.6 Å². The molecule has 0 N–H and O–H groups in total. The minimum atomic E-state index is -0.542. The molecule has 0 heterocycles. The minimum absolute atomic E-state index is 0.259. The summed E-state index contributed by atoms with van der Waals surface area (Å²) in [5.74, 6) is -0.831. The largest absolute Gasteiger partial charge is 0.207 e. The Morgan fingerprint density at radius 3 is 2.30 bits per heavy atom. The first kappa shape index (κ1) is 13.6. The summed E-state index contributed by atoms with van der Waals surface area (Å²) in [5, 5.41) is -0.542. The van der Waals surface area contributed by atoms with Crippen molar-refractivity contribution >= 4 is 11.6 Å². The fraction of sp³-hybridized carbons (Fsp3) is 0.294. The van der Waals surface area contributed by atoms with Crippen molar-refractivity contribution in [2.24, 2.45) is 0 Å². The molecule has 1 fully saturated rings. The molecule has 0 bridgehead atoms. The zero-order chi connectivity index (χ0) is 14.3. The molecule has 0 saturated heterocycles. The van der Waals surface area contributed by atoms with E-state index >= 15 is 0 Å². The second-order valence-corrected chi connectivity index (χ2v) is 5.94. The monoisotopic (exact) mass is 292 g/mol. The summed E-state index contributed by atoms with van der Waals surface area (Å²) < 4.78 is 27.8. The molecule has 1 unspecified atom stereocenters. The number of rotatable bonds is 3. The zero-order valence-corrected chi connectivity index (χ0v) is 11.9. The van der Waals surface area contributed by atoms with Crippen LogP contribution in [0.1, 0.15) is 34.9 Å². The summed E-state index contributed by atoms with van der Waals surface area (Å²) in [6.07, 6.45) is 1.81. The maximum absolute atomic E-state index is 14.1. The average molecular weight is 293 g/mol. The highest BCUT2D eigenvalue weighted by Gasteiger charge is 2.51. The number of alkyl halides is 1. The van der Waals surface area contributed by atoms with Crippen LogP contribution in [0.5, 0.6) is 0 Å². The minimum Gasteiger partial charge on any atom is -0.207 e. The van der Waals surface area contributed by atoms with Crippen molar-refractivity contribution in [3.63, 3.8) is 0 Å². The highest BCUT2D eigenvalue weighted by atomic mass is 35.5. The lowest BCUT2D eigenvalue weighted by atomic mass is 9.88. The van der Waals surface area contributed by atoms with Crippen molar-refractivity contribution in [2.75, 3.05) is 0 Å². The lowest BCUT2D eigenvalue weighted by Gasteiger charge is -2.23. The highest BCUT2D eigenvalue weighted by molar-refractivity contribution is 6.22. The second-order valence-electron chi connectivity index (χ2n) is 5.51. The molecule has 1 saturated carbocycles. The smallest absolute Gasteiger partial charge is 0.128 e. The quantitative estimate of drug-likeness (QED) is 0.675. The van der Waals surface area contributed by atoms with Gasteiger partial charge in [0, 0.05) is 11.0 Å². The van der Waals surface area contributed by atoms with E-state index in [4.69, 9.17) is 11.6 Å². The van der Waals surface area contributed by atoms with Gasteiger partial charge in [0.1, 0.15) is 11.6 Å². The molecule has 0 radical (unpaired) electrons. The fourth-order valence-electron chi connectivity index (χ4n) is 2.75. The van der Waals surface area contributed by atoms with E-state index in [1.54, 1.807) is 6.92 Å². The Morgan fingerprint density at radius 2 is 1.70 bits per heavy atom. The molecule has 1 atom stereocenters. The Hall–Kier alpha value is -1.41. The summed E-state index contributed by atoms with van der Waals surface area (Å²) in [4.78, 5) is 0.